The van der Waals surface area contributed by atoms with Crippen LogP contribution in [0, 0.1) is 0 Å². The van der Waals surface area contributed by atoms with Crippen molar-refractivity contribution in [2.75, 3.05) is 37.7 Å². The Labute approximate surface area is 140 Å². The molecule has 2 aliphatic heterocycles. The lowest BCUT2D eigenvalue weighted by Gasteiger charge is -2.34. The van der Waals surface area contributed by atoms with Gasteiger partial charge in [-0.2, -0.15) is 0 Å². The van der Waals surface area contributed by atoms with Crippen LogP contribution < -0.4 is 4.90 Å². The second kappa shape index (κ2) is 5.89. The number of nitrogens with zero attached hydrogens (tertiary/aromatic N) is 1. The first kappa shape index (κ1) is 15.7. The molecule has 3 heterocycles. The summed E-state index contributed by atoms with van der Waals surface area (Å²) < 4.78 is 28.9. The van der Waals surface area contributed by atoms with Crippen LogP contribution in [0.15, 0.2) is 34.7 Å². The molecule has 0 unspecified atom stereocenters. The molecule has 2 aromatic rings. The summed E-state index contributed by atoms with van der Waals surface area (Å²) in [6, 6.07) is 9.58. The number of quaternary nitrogens is 1. The maximum absolute atomic E-state index is 12.6. The van der Waals surface area contributed by atoms with Crippen LogP contribution in [0.25, 0.3) is 11.0 Å². The number of nitrogens with one attached hydrogen (secondary N) is 1. The first-order chi connectivity index (χ1) is 11.5. The molecule has 0 radical (unpaired) electrons. The molecule has 1 aromatic carbocycles. The summed E-state index contributed by atoms with van der Waals surface area (Å²) in [4.78, 5) is 15.7. The number of piperazine rings is 1. The van der Waals surface area contributed by atoms with Crippen LogP contribution in [0.5, 0.6) is 0 Å². The largest absolute Gasteiger partial charge is 0.451 e. The Hall–Kier alpha value is -1.86. The molecular weight excluding hydrogens is 328 g/mol. The number of rotatable bonds is 2. The summed E-state index contributed by atoms with van der Waals surface area (Å²) in [6.07, 6.45) is 0.745. The first-order valence-corrected chi connectivity index (χ1v) is 10.2. The van der Waals surface area contributed by atoms with Gasteiger partial charge in [-0.15, -0.1) is 0 Å². The lowest BCUT2D eigenvalue weighted by molar-refractivity contribution is -0.925. The van der Waals surface area contributed by atoms with Gasteiger partial charge in [0.05, 0.1) is 31.9 Å². The molecule has 0 saturated carbocycles. The number of furan rings is 1. The van der Waals surface area contributed by atoms with Crippen molar-refractivity contribution in [1.82, 2.24) is 4.90 Å². The van der Waals surface area contributed by atoms with Crippen molar-refractivity contribution in [2.45, 2.75) is 12.5 Å². The minimum absolute atomic E-state index is 0.0794. The van der Waals surface area contributed by atoms with Crippen LogP contribution >= 0.6 is 0 Å². The fraction of sp³-hybridized carbons (Fsp3) is 0.471. The summed E-state index contributed by atoms with van der Waals surface area (Å²) in [5.41, 5.74) is 0.723. The summed E-state index contributed by atoms with van der Waals surface area (Å²) in [5, 5.41) is 0.932. The molecule has 1 amide bonds. The number of hydrogen-bond acceptors (Lipinski definition) is 4. The molecule has 0 bridgehead atoms. The number of carbonyl (C=O) groups excluding carboxylic acids is 1. The normalized spacial score (nSPS) is 24.5. The van der Waals surface area contributed by atoms with E-state index in [2.05, 4.69) is 0 Å². The van der Waals surface area contributed by atoms with Crippen molar-refractivity contribution in [3.05, 3.63) is 36.1 Å². The molecule has 128 valence electrons. The predicted octanol–water partition coefficient (Wildman–Crippen LogP) is -0.0394. The zero-order valence-corrected chi connectivity index (χ0v) is 14.2. The van der Waals surface area contributed by atoms with Gasteiger partial charge in [0.25, 0.3) is 5.91 Å². The van der Waals surface area contributed by atoms with E-state index in [9.17, 15) is 13.2 Å². The van der Waals surface area contributed by atoms with E-state index in [4.69, 9.17) is 4.42 Å². The van der Waals surface area contributed by atoms with E-state index < -0.39 is 9.84 Å². The zero-order chi connectivity index (χ0) is 16.7. The number of para-hydroxylation sites is 1. The lowest BCUT2D eigenvalue weighted by atomic mass is 10.2. The van der Waals surface area contributed by atoms with Gasteiger partial charge in [0.15, 0.2) is 15.6 Å². The minimum Gasteiger partial charge on any atom is -0.451 e. The fourth-order valence-corrected chi connectivity index (χ4v) is 5.59. The van der Waals surface area contributed by atoms with Crippen LogP contribution in [-0.2, 0) is 9.84 Å². The molecule has 0 spiro atoms. The van der Waals surface area contributed by atoms with Crippen molar-refractivity contribution in [3.63, 3.8) is 0 Å². The van der Waals surface area contributed by atoms with Crippen molar-refractivity contribution in [3.8, 4) is 0 Å². The number of amides is 1. The molecule has 2 fully saturated rings. The Bertz CT molecular complexity index is 833. The summed E-state index contributed by atoms with van der Waals surface area (Å²) in [5.74, 6) is 0.898. The van der Waals surface area contributed by atoms with Crippen LogP contribution in [0.4, 0.5) is 0 Å². The zero-order valence-electron chi connectivity index (χ0n) is 13.4. The molecular formula is C17H21N2O4S+. The van der Waals surface area contributed by atoms with Gasteiger partial charge in [0, 0.05) is 11.8 Å². The standard InChI is InChI=1S/C17H20N2O4S/c20-17(16-11-13-3-1-2-4-15(13)23-16)19-8-6-18(7-9-19)14-5-10-24(21,22)12-14/h1-4,11,14H,5-10,12H2/p+1/t14-/m0/s1. The third-order valence-corrected chi connectivity index (χ3v) is 6.91. The number of benzene rings is 1. The molecule has 4 rings (SSSR count). The highest BCUT2D eigenvalue weighted by atomic mass is 32.2. The second-order valence-electron chi connectivity index (χ2n) is 6.70. The van der Waals surface area contributed by atoms with Crippen molar-refractivity contribution in [2.24, 2.45) is 0 Å². The first-order valence-electron chi connectivity index (χ1n) is 8.35. The van der Waals surface area contributed by atoms with E-state index in [1.165, 1.54) is 4.90 Å². The van der Waals surface area contributed by atoms with E-state index >= 15 is 0 Å². The van der Waals surface area contributed by atoms with Gasteiger partial charge in [-0.25, -0.2) is 8.42 Å². The van der Waals surface area contributed by atoms with Gasteiger partial charge in [-0.1, -0.05) is 18.2 Å². The van der Waals surface area contributed by atoms with E-state index in [1.807, 2.05) is 29.2 Å². The molecule has 2 aliphatic rings. The van der Waals surface area contributed by atoms with Gasteiger partial charge in [0.2, 0.25) is 0 Å². The fourth-order valence-electron chi connectivity index (χ4n) is 3.77. The Morgan fingerprint density at radius 2 is 1.96 bits per heavy atom. The molecule has 7 heteroatoms. The predicted molar refractivity (Wildman–Crippen MR) is 89.9 cm³/mol. The quantitative estimate of drug-likeness (QED) is 0.826. The van der Waals surface area contributed by atoms with Crippen LogP contribution in [0.1, 0.15) is 17.0 Å². The average Bonchev–Trinajstić information content (AvgIpc) is 3.17. The van der Waals surface area contributed by atoms with Crippen molar-refractivity contribution in [1.29, 1.82) is 0 Å². The van der Waals surface area contributed by atoms with E-state index in [-0.39, 0.29) is 11.9 Å². The SMILES string of the molecule is O=C(c1cc2ccccc2o1)N1CC[NH+]([C@H]2CCS(=O)(=O)C2)CC1. The van der Waals surface area contributed by atoms with Gasteiger partial charge in [-0.05, 0) is 12.1 Å². The number of sulfone groups is 1. The second-order valence-corrected chi connectivity index (χ2v) is 8.93. The van der Waals surface area contributed by atoms with E-state index in [0.717, 1.165) is 30.5 Å². The molecule has 1 N–H and O–H groups in total. The third kappa shape index (κ3) is 2.93. The Balaban J connectivity index is 1.41. The van der Waals surface area contributed by atoms with Gasteiger partial charge < -0.3 is 14.2 Å². The summed E-state index contributed by atoms with van der Waals surface area (Å²) >= 11 is 0. The Kier molecular flexibility index (Phi) is 3.85. The summed E-state index contributed by atoms with van der Waals surface area (Å²) in [7, 11) is -2.85. The molecule has 6 nitrogen and oxygen atoms in total. The van der Waals surface area contributed by atoms with Crippen molar-refractivity contribution < 1.29 is 22.5 Å². The molecule has 2 saturated heterocycles. The van der Waals surface area contributed by atoms with Gasteiger partial charge >= 0.3 is 0 Å². The van der Waals surface area contributed by atoms with E-state index in [0.29, 0.717) is 30.4 Å². The monoisotopic (exact) mass is 349 g/mol. The van der Waals surface area contributed by atoms with Crippen LogP contribution in [-0.4, -0.2) is 63.0 Å². The maximum atomic E-state index is 12.6. The van der Waals surface area contributed by atoms with E-state index in [1.54, 1.807) is 6.07 Å². The highest BCUT2D eigenvalue weighted by Gasteiger charge is 2.37. The Morgan fingerprint density at radius 1 is 1.21 bits per heavy atom. The number of hydrogen-bond donors (Lipinski definition) is 1. The minimum atomic E-state index is -2.85. The smallest absolute Gasteiger partial charge is 0.290 e. The molecule has 1 atom stereocenters. The number of fused-ring (bicyclic) bond motifs is 1. The molecule has 0 aliphatic carbocycles. The van der Waals surface area contributed by atoms with Crippen LogP contribution in [0.2, 0.25) is 0 Å². The highest BCUT2D eigenvalue weighted by Crippen LogP contribution is 2.20. The molecule has 1 aromatic heterocycles. The maximum Gasteiger partial charge on any atom is 0.290 e. The van der Waals surface area contributed by atoms with Gasteiger partial charge in [-0.3, -0.25) is 4.79 Å². The third-order valence-electron chi connectivity index (χ3n) is 5.14. The van der Waals surface area contributed by atoms with Crippen molar-refractivity contribution >= 4 is 26.7 Å². The highest BCUT2D eigenvalue weighted by molar-refractivity contribution is 7.91. The average molecular weight is 349 g/mol. The Morgan fingerprint density at radius 3 is 2.62 bits per heavy atom. The number of carbonyl (C=O) groups is 1. The lowest BCUT2D eigenvalue weighted by Crippen LogP contribution is -3.18. The summed E-state index contributed by atoms with van der Waals surface area (Å²) in [6.45, 7) is 2.88. The van der Waals surface area contributed by atoms with Crippen LogP contribution in [0.3, 0.4) is 0 Å². The topological polar surface area (TPSA) is 72.0 Å². The molecule has 24 heavy (non-hydrogen) atoms. The van der Waals surface area contributed by atoms with Gasteiger partial charge in [0.1, 0.15) is 17.4 Å².